The predicted octanol–water partition coefficient (Wildman–Crippen LogP) is 2.08. The minimum atomic E-state index is -1.12. The highest BCUT2D eigenvalue weighted by molar-refractivity contribution is 6.03. The molecule has 96 valence electrons. The lowest BCUT2D eigenvalue weighted by atomic mass is 9.67. The van der Waals surface area contributed by atoms with E-state index in [0.29, 0.717) is 12.8 Å². The van der Waals surface area contributed by atoms with Crippen molar-refractivity contribution in [3.05, 3.63) is 0 Å². The third-order valence-corrected chi connectivity index (χ3v) is 4.42. The molecule has 2 fully saturated rings. The Morgan fingerprint density at radius 2 is 1.59 bits per heavy atom. The molecule has 0 atom stereocenters. The first-order valence-electron chi connectivity index (χ1n) is 6.55. The van der Waals surface area contributed by atoms with Gasteiger partial charge < -0.3 is 10.4 Å². The van der Waals surface area contributed by atoms with E-state index in [1.54, 1.807) is 0 Å². The second kappa shape index (κ2) is 4.31. The van der Waals surface area contributed by atoms with Gasteiger partial charge >= 0.3 is 5.97 Å². The molecule has 0 radical (unpaired) electrons. The Morgan fingerprint density at radius 3 is 2.00 bits per heavy atom. The van der Waals surface area contributed by atoms with E-state index in [-0.39, 0.29) is 11.4 Å². The first kappa shape index (κ1) is 12.4. The summed E-state index contributed by atoms with van der Waals surface area (Å²) < 4.78 is 0. The molecule has 2 aliphatic carbocycles. The molecule has 2 aliphatic rings. The summed E-state index contributed by atoms with van der Waals surface area (Å²) in [6.45, 7) is 2.04. The van der Waals surface area contributed by atoms with Gasteiger partial charge in [0.25, 0.3) is 0 Å². The number of amides is 1. The standard InChI is InChI=1S/C13H21NO3/c1-12(6-3-2-4-7-12)14-10(15)13(11(16)17)8-5-9-13/h2-9H2,1H3,(H,14,15)(H,16,17). The molecule has 2 rings (SSSR count). The van der Waals surface area contributed by atoms with Gasteiger partial charge in [0, 0.05) is 5.54 Å². The van der Waals surface area contributed by atoms with E-state index in [9.17, 15) is 14.7 Å². The zero-order valence-corrected chi connectivity index (χ0v) is 10.4. The molecule has 1 amide bonds. The highest BCUT2D eigenvalue weighted by atomic mass is 16.4. The molecule has 17 heavy (non-hydrogen) atoms. The van der Waals surface area contributed by atoms with E-state index in [1.165, 1.54) is 6.42 Å². The summed E-state index contributed by atoms with van der Waals surface area (Å²) in [4.78, 5) is 23.4. The van der Waals surface area contributed by atoms with Crippen molar-refractivity contribution >= 4 is 11.9 Å². The summed E-state index contributed by atoms with van der Waals surface area (Å²) in [5.74, 6) is -1.22. The largest absolute Gasteiger partial charge is 0.480 e. The number of carboxylic acid groups (broad SMARTS) is 1. The van der Waals surface area contributed by atoms with E-state index in [4.69, 9.17) is 0 Å². The zero-order chi connectivity index (χ0) is 12.5. The average Bonchev–Trinajstić information content (AvgIpc) is 2.14. The molecule has 0 spiro atoms. The highest BCUT2D eigenvalue weighted by Crippen LogP contribution is 2.42. The maximum atomic E-state index is 12.2. The van der Waals surface area contributed by atoms with Crippen LogP contribution in [0, 0.1) is 5.41 Å². The van der Waals surface area contributed by atoms with Gasteiger partial charge in [0.2, 0.25) is 5.91 Å². The maximum Gasteiger partial charge on any atom is 0.319 e. The van der Waals surface area contributed by atoms with Crippen LogP contribution < -0.4 is 5.32 Å². The Hall–Kier alpha value is -1.06. The van der Waals surface area contributed by atoms with Gasteiger partial charge in [-0.2, -0.15) is 0 Å². The lowest BCUT2D eigenvalue weighted by Gasteiger charge is -2.41. The molecule has 4 heteroatoms. The molecule has 0 aromatic heterocycles. The zero-order valence-electron chi connectivity index (χ0n) is 10.4. The van der Waals surface area contributed by atoms with Crippen LogP contribution in [-0.2, 0) is 9.59 Å². The normalized spacial score (nSPS) is 25.7. The third-order valence-electron chi connectivity index (χ3n) is 4.42. The topological polar surface area (TPSA) is 66.4 Å². The van der Waals surface area contributed by atoms with Crippen molar-refractivity contribution in [1.82, 2.24) is 5.32 Å². The van der Waals surface area contributed by atoms with E-state index in [0.717, 1.165) is 32.1 Å². The third kappa shape index (κ3) is 2.17. The van der Waals surface area contributed by atoms with Crippen molar-refractivity contribution in [3.8, 4) is 0 Å². The van der Waals surface area contributed by atoms with Crippen molar-refractivity contribution in [2.75, 3.05) is 0 Å². The van der Waals surface area contributed by atoms with Gasteiger partial charge in [0.1, 0.15) is 5.41 Å². The van der Waals surface area contributed by atoms with Gasteiger partial charge in [-0.25, -0.2) is 0 Å². The Bertz CT molecular complexity index is 328. The lowest BCUT2D eigenvalue weighted by Crippen LogP contribution is -2.57. The number of hydrogen-bond acceptors (Lipinski definition) is 2. The number of hydrogen-bond donors (Lipinski definition) is 2. The fraction of sp³-hybridized carbons (Fsp3) is 0.846. The second-order valence-electron chi connectivity index (χ2n) is 5.82. The van der Waals surface area contributed by atoms with E-state index in [2.05, 4.69) is 5.32 Å². The van der Waals surface area contributed by atoms with Crippen molar-refractivity contribution in [1.29, 1.82) is 0 Å². The van der Waals surface area contributed by atoms with Gasteiger partial charge in [-0.15, -0.1) is 0 Å². The predicted molar refractivity (Wildman–Crippen MR) is 63.6 cm³/mol. The van der Waals surface area contributed by atoms with Crippen molar-refractivity contribution in [2.45, 2.75) is 63.8 Å². The summed E-state index contributed by atoms with van der Waals surface area (Å²) >= 11 is 0. The van der Waals surface area contributed by atoms with Crippen LogP contribution in [-0.4, -0.2) is 22.5 Å². The van der Waals surface area contributed by atoms with Gasteiger partial charge in [0.15, 0.2) is 0 Å². The molecule has 0 heterocycles. The Morgan fingerprint density at radius 1 is 1.00 bits per heavy atom. The quantitative estimate of drug-likeness (QED) is 0.741. The molecule has 4 nitrogen and oxygen atoms in total. The first-order valence-corrected chi connectivity index (χ1v) is 6.55. The smallest absolute Gasteiger partial charge is 0.319 e. The highest BCUT2D eigenvalue weighted by Gasteiger charge is 2.52. The molecule has 0 saturated heterocycles. The lowest BCUT2D eigenvalue weighted by molar-refractivity contribution is -0.163. The van der Waals surface area contributed by atoms with Crippen LogP contribution in [0.1, 0.15) is 58.3 Å². The summed E-state index contributed by atoms with van der Waals surface area (Å²) in [5.41, 5.74) is -1.31. The number of rotatable bonds is 3. The van der Waals surface area contributed by atoms with E-state index in [1.807, 2.05) is 6.92 Å². The van der Waals surface area contributed by atoms with Crippen molar-refractivity contribution in [3.63, 3.8) is 0 Å². The molecule has 0 bridgehead atoms. The van der Waals surface area contributed by atoms with Crippen molar-refractivity contribution < 1.29 is 14.7 Å². The van der Waals surface area contributed by atoms with Crippen LogP contribution in [0.3, 0.4) is 0 Å². The molecule has 0 aromatic carbocycles. The van der Waals surface area contributed by atoms with Crippen molar-refractivity contribution in [2.24, 2.45) is 5.41 Å². The molecule has 2 saturated carbocycles. The van der Waals surface area contributed by atoms with Crippen LogP contribution in [0.2, 0.25) is 0 Å². The van der Waals surface area contributed by atoms with E-state index < -0.39 is 11.4 Å². The number of aliphatic carboxylic acids is 1. The van der Waals surface area contributed by atoms with Crippen LogP contribution in [0.15, 0.2) is 0 Å². The van der Waals surface area contributed by atoms with Crippen LogP contribution in [0.4, 0.5) is 0 Å². The van der Waals surface area contributed by atoms with Gasteiger partial charge in [-0.05, 0) is 32.6 Å². The number of carbonyl (C=O) groups is 2. The van der Waals surface area contributed by atoms with E-state index >= 15 is 0 Å². The van der Waals surface area contributed by atoms with Gasteiger partial charge in [-0.3, -0.25) is 9.59 Å². The van der Waals surface area contributed by atoms with Crippen LogP contribution >= 0.6 is 0 Å². The van der Waals surface area contributed by atoms with Gasteiger partial charge in [-0.1, -0.05) is 25.7 Å². The SMILES string of the molecule is CC1(NC(=O)C2(C(=O)O)CCC2)CCCCC1. The van der Waals surface area contributed by atoms with Crippen LogP contribution in [0.5, 0.6) is 0 Å². The van der Waals surface area contributed by atoms with Gasteiger partial charge in [0.05, 0.1) is 0 Å². The van der Waals surface area contributed by atoms with Crippen LogP contribution in [0.25, 0.3) is 0 Å². The number of nitrogens with one attached hydrogen (secondary N) is 1. The summed E-state index contributed by atoms with van der Waals surface area (Å²) in [6, 6.07) is 0. The fourth-order valence-electron chi connectivity index (χ4n) is 2.92. The second-order valence-corrected chi connectivity index (χ2v) is 5.82. The molecule has 2 N–H and O–H groups in total. The first-order chi connectivity index (χ1) is 7.99. The number of carbonyl (C=O) groups excluding carboxylic acids is 1. The molecule has 0 aliphatic heterocycles. The Kier molecular flexibility index (Phi) is 3.15. The fourth-order valence-corrected chi connectivity index (χ4v) is 2.92. The Balaban J connectivity index is 2.03. The summed E-state index contributed by atoms with van der Waals surface area (Å²) in [6.07, 6.45) is 7.22. The minimum absolute atomic E-state index is 0.187. The molecule has 0 unspecified atom stereocenters. The summed E-state index contributed by atoms with van der Waals surface area (Å²) in [5, 5.41) is 12.2. The number of carboxylic acids is 1. The molecule has 0 aromatic rings. The minimum Gasteiger partial charge on any atom is -0.480 e. The Labute approximate surface area is 102 Å². The molecular formula is C13H21NO3. The molecular weight excluding hydrogens is 218 g/mol. The summed E-state index contributed by atoms with van der Waals surface area (Å²) in [7, 11) is 0. The maximum absolute atomic E-state index is 12.2. The monoisotopic (exact) mass is 239 g/mol. The average molecular weight is 239 g/mol.